The van der Waals surface area contributed by atoms with Crippen LogP contribution in [-0.2, 0) is 0 Å². The van der Waals surface area contributed by atoms with Crippen molar-refractivity contribution < 1.29 is 4.79 Å². The molecule has 0 spiro atoms. The average Bonchev–Trinajstić information content (AvgIpc) is 2.01. The van der Waals surface area contributed by atoms with Crippen LogP contribution in [0.3, 0.4) is 0 Å². The van der Waals surface area contributed by atoms with E-state index in [1.165, 1.54) is 23.3 Å². The lowest BCUT2D eigenvalue weighted by atomic mass is 10.2. The largest absolute Gasteiger partial charge is 0.335 e. The zero-order valence-electron chi connectivity index (χ0n) is 9.22. The second kappa shape index (κ2) is 9.59. The van der Waals surface area contributed by atoms with E-state index < -0.39 is 5.37 Å². The van der Waals surface area contributed by atoms with Gasteiger partial charge in [-0.25, -0.2) is 0 Å². The number of unbranched alkanes of at least 4 members (excludes halogenated alkanes) is 1. The van der Waals surface area contributed by atoms with Gasteiger partial charge in [0, 0.05) is 14.1 Å². The van der Waals surface area contributed by atoms with Crippen molar-refractivity contribution in [2.24, 2.45) is 0 Å². The van der Waals surface area contributed by atoms with Gasteiger partial charge in [0.05, 0.1) is 0 Å². The number of rotatable bonds is 2. The normalized spacial score (nSPS) is 8.15. The van der Waals surface area contributed by atoms with Gasteiger partial charge in [-0.15, -0.1) is 0 Å². The van der Waals surface area contributed by atoms with Crippen LogP contribution < -0.4 is 0 Å². The molecule has 0 heterocycles. The van der Waals surface area contributed by atoms with Crippen molar-refractivity contribution in [3.05, 3.63) is 11.6 Å². The molecule has 0 unspecified atom stereocenters. The van der Waals surface area contributed by atoms with Crippen molar-refractivity contribution in [1.29, 1.82) is 0 Å². The highest BCUT2D eigenvalue weighted by atomic mass is 35.5. The van der Waals surface area contributed by atoms with Crippen LogP contribution in [0.1, 0.15) is 33.6 Å². The predicted octanol–water partition coefficient (Wildman–Crippen LogP) is 3.66. The number of allylic oxidation sites excluding steroid dienone is 2. The minimum atomic E-state index is -0.435. The first-order valence-corrected chi connectivity index (χ1v) is 4.79. The van der Waals surface area contributed by atoms with E-state index in [0.29, 0.717) is 0 Å². The Bertz CT molecular complexity index is 160. The fourth-order valence-corrected chi connectivity index (χ4v) is 0.433. The van der Waals surface area contributed by atoms with Crippen LogP contribution in [0.4, 0.5) is 4.79 Å². The summed E-state index contributed by atoms with van der Waals surface area (Å²) < 4.78 is 0. The van der Waals surface area contributed by atoms with E-state index >= 15 is 0 Å². The molecule has 0 saturated heterocycles. The summed E-state index contributed by atoms with van der Waals surface area (Å²) in [7, 11) is 3.19. The zero-order chi connectivity index (χ0) is 10.9. The van der Waals surface area contributed by atoms with Gasteiger partial charge in [-0.2, -0.15) is 0 Å². The lowest BCUT2D eigenvalue weighted by molar-refractivity contribution is 0.240. The van der Waals surface area contributed by atoms with Crippen LogP contribution in [0.2, 0.25) is 0 Å². The van der Waals surface area contributed by atoms with Crippen LogP contribution in [0, 0.1) is 0 Å². The van der Waals surface area contributed by atoms with E-state index in [9.17, 15) is 4.79 Å². The van der Waals surface area contributed by atoms with Gasteiger partial charge >= 0.3 is 5.37 Å². The van der Waals surface area contributed by atoms with E-state index in [4.69, 9.17) is 11.6 Å². The Labute approximate surface area is 86.6 Å². The van der Waals surface area contributed by atoms with Gasteiger partial charge in [-0.1, -0.05) is 25.0 Å². The monoisotopic (exact) mass is 205 g/mol. The van der Waals surface area contributed by atoms with Crippen molar-refractivity contribution in [3.8, 4) is 0 Å². The molecule has 0 aromatic carbocycles. The van der Waals surface area contributed by atoms with Crippen molar-refractivity contribution in [2.45, 2.75) is 33.6 Å². The van der Waals surface area contributed by atoms with Crippen molar-refractivity contribution >= 4 is 17.0 Å². The summed E-state index contributed by atoms with van der Waals surface area (Å²) in [5, 5.41) is -0.435. The number of amides is 1. The van der Waals surface area contributed by atoms with Gasteiger partial charge in [0.1, 0.15) is 0 Å². The molecule has 0 N–H and O–H groups in total. The summed E-state index contributed by atoms with van der Waals surface area (Å²) in [4.78, 5) is 11.1. The Morgan fingerprint density at radius 1 is 1.38 bits per heavy atom. The predicted molar refractivity (Wildman–Crippen MR) is 59.3 cm³/mol. The second-order valence-electron chi connectivity index (χ2n) is 3.22. The Hall–Kier alpha value is -0.500. The third-order valence-electron chi connectivity index (χ3n) is 1.19. The van der Waals surface area contributed by atoms with E-state index in [1.54, 1.807) is 14.1 Å². The molecule has 3 heteroatoms. The maximum atomic E-state index is 9.83. The molecule has 0 fully saturated rings. The molecule has 0 bridgehead atoms. The third kappa shape index (κ3) is 18.5. The van der Waals surface area contributed by atoms with E-state index in [-0.39, 0.29) is 0 Å². The van der Waals surface area contributed by atoms with Gasteiger partial charge in [0.15, 0.2) is 0 Å². The molecule has 0 aliphatic rings. The molecule has 0 saturated carbocycles. The minimum Gasteiger partial charge on any atom is -0.335 e. The van der Waals surface area contributed by atoms with Crippen molar-refractivity contribution in [3.63, 3.8) is 0 Å². The third-order valence-corrected chi connectivity index (χ3v) is 1.53. The molecular weight excluding hydrogens is 186 g/mol. The maximum absolute atomic E-state index is 9.83. The first-order chi connectivity index (χ1) is 5.91. The van der Waals surface area contributed by atoms with Gasteiger partial charge in [-0.05, 0) is 31.9 Å². The highest BCUT2D eigenvalue weighted by molar-refractivity contribution is 6.62. The molecule has 0 aliphatic carbocycles. The van der Waals surface area contributed by atoms with Crippen LogP contribution >= 0.6 is 11.6 Å². The summed E-state index contributed by atoms with van der Waals surface area (Å²) in [6.45, 7) is 6.46. The molecule has 2 nitrogen and oxygen atoms in total. The average molecular weight is 206 g/mol. The molecule has 0 atom stereocenters. The quantitative estimate of drug-likeness (QED) is 0.383. The summed E-state index contributed by atoms with van der Waals surface area (Å²) in [6, 6.07) is 0. The Morgan fingerprint density at radius 3 is 1.85 bits per heavy atom. The molecule has 0 rings (SSSR count). The van der Waals surface area contributed by atoms with E-state index in [0.717, 1.165) is 0 Å². The lowest BCUT2D eigenvalue weighted by Gasteiger charge is -1.99. The highest BCUT2D eigenvalue weighted by Crippen LogP contribution is 1.94. The fraction of sp³-hybridized carbons (Fsp3) is 0.700. The molecule has 78 valence electrons. The molecule has 13 heavy (non-hydrogen) atoms. The zero-order valence-corrected chi connectivity index (χ0v) is 9.98. The first-order valence-electron chi connectivity index (χ1n) is 4.42. The molecule has 0 radical (unpaired) electrons. The number of nitrogens with zero attached hydrogens (tertiary/aromatic N) is 1. The summed E-state index contributed by atoms with van der Waals surface area (Å²) >= 11 is 4.90. The van der Waals surface area contributed by atoms with Gasteiger partial charge in [-0.3, -0.25) is 4.79 Å². The fourth-order valence-electron chi connectivity index (χ4n) is 0.433. The van der Waals surface area contributed by atoms with Gasteiger partial charge in [0.25, 0.3) is 0 Å². The molecule has 1 amide bonds. The number of halogens is 1. The smallest absolute Gasteiger partial charge is 0.315 e. The van der Waals surface area contributed by atoms with Gasteiger partial charge in [0.2, 0.25) is 0 Å². The van der Waals surface area contributed by atoms with Crippen molar-refractivity contribution in [2.75, 3.05) is 14.1 Å². The van der Waals surface area contributed by atoms with Crippen molar-refractivity contribution in [1.82, 2.24) is 4.90 Å². The van der Waals surface area contributed by atoms with Crippen LogP contribution in [0.25, 0.3) is 0 Å². The summed E-state index contributed by atoms with van der Waals surface area (Å²) in [5.41, 5.74) is 1.43. The molecule has 0 aromatic rings. The topological polar surface area (TPSA) is 20.3 Å². The first kappa shape index (κ1) is 15.0. The molecular formula is C10H20ClNO. The Balaban J connectivity index is 0. The van der Waals surface area contributed by atoms with E-state index in [1.807, 2.05) is 0 Å². The summed E-state index contributed by atoms with van der Waals surface area (Å²) in [6.07, 6.45) is 4.77. The number of carbonyl (C=O) groups excluding carboxylic acids is 1. The summed E-state index contributed by atoms with van der Waals surface area (Å²) in [5.74, 6) is 0. The number of carbonyl (C=O) groups is 1. The SMILES string of the molecule is CCCC=C(C)C.CN(C)C(=O)Cl. The van der Waals surface area contributed by atoms with Gasteiger partial charge < -0.3 is 4.90 Å². The maximum Gasteiger partial charge on any atom is 0.315 e. The number of hydrogen-bond acceptors (Lipinski definition) is 1. The Morgan fingerprint density at radius 2 is 1.77 bits per heavy atom. The second-order valence-corrected chi connectivity index (χ2v) is 3.54. The minimum absolute atomic E-state index is 0.435. The Kier molecular flexibility index (Phi) is 11.1. The molecule has 0 aromatic heterocycles. The lowest BCUT2D eigenvalue weighted by Crippen LogP contribution is -2.13. The highest BCUT2D eigenvalue weighted by Gasteiger charge is 1.91. The van der Waals surface area contributed by atoms with Crippen LogP contribution in [0.15, 0.2) is 11.6 Å². The van der Waals surface area contributed by atoms with Crippen LogP contribution in [-0.4, -0.2) is 24.4 Å². The number of hydrogen-bond donors (Lipinski definition) is 0. The van der Waals surface area contributed by atoms with Crippen LogP contribution in [0.5, 0.6) is 0 Å². The van der Waals surface area contributed by atoms with E-state index in [2.05, 4.69) is 26.8 Å². The molecule has 0 aliphatic heterocycles. The standard InChI is InChI=1S/C7H14.C3H6ClNO/c1-4-5-6-7(2)3;1-5(2)3(4)6/h6H,4-5H2,1-3H3;1-2H3.